The van der Waals surface area contributed by atoms with E-state index in [4.69, 9.17) is 4.42 Å². The summed E-state index contributed by atoms with van der Waals surface area (Å²) >= 11 is 0. The standard InChI is InChI=1S/C26H19F6N3O2/c27-25(28,29)16-7-5-15(6-8-16)23-33-21-11-12-35(14-19(21)24(36)34-23)13-17-9-10-22(37-17)18-3-1-2-4-20(18)26(30,31)32/h1-10H,11-14H2,(H,33,34,36). The highest BCUT2D eigenvalue weighted by Crippen LogP contribution is 2.37. The summed E-state index contributed by atoms with van der Waals surface area (Å²) in [4.78, 5) is 21.8. The van der Waals surface area contributed by atoms with Gasteiger partial charge < -0.3 is 9.40 Å². The van der Waals surface area contributed by atoms with Crippen LogP contribution in [0.15, 0.2) is 69.9 Å². The van der Waals surface area contributed by atoms with Gasteiger partial charge in [0.15, 0.2) is 0 Å². The Morgan fingerprint density at radius 1 is 0.919 bits per heavy atom. The highest BCUT2D eigenvalue weighted by Gasteiger charge is 2.34. The molecule has 0 bridgehead atoms. The number of furan rings is 1. The van der Waals surface area contributed by atoms with Crippen LogP contribution in [-0.4, -0.2) is 21.4 Å². The van der Waals surface area contributed by atoms with E-state index in [0.29, 0.717) is 35.5 Å². The van der Waals surface area contributed by atoms with Gasteiger partial charge in [-0.2, -0.15) is 26.3 Å². The molecule has 1 aliphatic rings. The van der Waals surface area contributed by atoms with Crippen LogP contribution in [0.3, 0.4) is 0 Å². The maximum Gasteiger partial charge on any atom is 0.417 e. The van der Waals surface area contributed by atoms with E-state index >= 15 is 0 Å². The Kier molecular flexibility index (Phi) is 6.18. The van der Waals surface area contributed by atoms with Gasteiger partial charge in [-0.3, -0.25) is 9.69 Å². The second kappa shape index (κ2) is 9.22. The van der Waals surface area contributed by atoms with Gasteiger partial charge in [0.2, 0.25) is 0 Å². The monoisotopic (exact) mass is 519 g/mol. The Bertz CT molecular complexity index is 1490. The first-order valence-corrected chi connectivity index (χ1v) is 11.3. The van der Waals surface area contributed by atoms with E-state index in [1.165, 1.54) is 36.4 Å². The second-order valence-electron chi connectivity index (χ2n) is 8.68. The molecule has 192 valence electrons. The summed E-state index contributed by atoms with van der Waals surface area (Å²) < 4.78 is 84.3. The van der Waals surface area contributed by atoms with Crippen molar-refractivity contribution >= 4 is 0 Å². The fraction of sp³-hybridized carbons (Fsp3) is 0.231. The number of halogens is 6. The van der Waals surface area contributed by atoms with E-state index in [9.17, 15) is 31.1 Å². The SMILES string of the molecule is O=c1[nH]c(-c2ccc(C(F)(F)F)cc2)nc2c1CN(Cc1ccc(-c3ccccc3C(F)(F)F)o1)CC2. The van der Waals surface area contributed by atoms with Crippen molar-refractivity contribution in [1.82, 2.24) is 14.9 Å². The van der Waals surface area contributed by atoms with Crippen molar-refractivity contribution in [3.63, 3.8) is 0 Å². The van der Waals surface area contributed by atoms with Gasteiger partial charge in [-0.1, -0.05) is 30.3 Å². The molecule has 0 spiro atoms. The summed E-state index contributed by atoms with van der Waals surface area (Å²) in [6.45, 7) is 1.01. The number of H-pyrrole nitrogens is 1. The molecule has 0 unspecified atom stereocenters. The number of rotatable bonds is 4. The molecule has 5 rings (SSSR count). The van der Waals surface area contributed by atoms with Crippen LogP contribution >= 0.6 is 0 Å². The number of fused-ring (bicyclic) bond motifs is 1. The zero-order valence-corrected chi connectivity index (χ0v) is 19.1. The predicted molar refractivity (Wildman–Crippen MR) is 122 cm³/mol. The van der Waals surface area contributed by atoms with Crippen molar-refractivity contribution in [1.29, 1.82) is 0 Å². The Morgan fingerprint density at radius 2 is 1.65 bits per heavy atom. The number of alkyl halides is 6. The van der Waals surface area contributed by atoms with Crippen LogP contribution in [0.25, 0.3) is 22.7 Å². The summed E-state index contributed by atoms with van der Waals surface area (Å²) in [5.41, 5.74) is -0.701. The van der Waals surface area contributed by atoms with E-state index < -0.39 is 29.0 Å². The van der Waals surface area contributed by atoms with E-state index in [2.05, 4.69) is 9.97 Å². The Balaban J connectivity index is 1.33. The largest absolute Gasteiger partial charge is 0.460 e. The van der Waals surface area contributed by atoms with Gasteiger partial charge in [-0.05, 0) is 30.3 Å². The molecule has 11 heteroatoms. The summed E-state index contributed by atoms with van der Waals surface area (Å²) in [6.07, 6.45) is -8.57. The quantitative estimate of drug-likeness (QED) is 0.322. The number of hydrogen-bond acceptors (Lipinski definition) is 4. The summed E-state index contributed by atoms with van der Waals surface area (Å²) in [7, 11) is 0. The van der Waals surface area contributed by atoms with Crippen LogP contribution < -0.4 is 5.56 Å². The third-order valence-corrected chi connectivity index (χ3v) is 6.17. The van der Waals surface area contributed by atoms with Gasteiger partial charge >= 0.3 is 12.4 Å². The fourth-order valence-electron chi connectivity index (χ4n) is 4.34. The minimum Gasteiger partial charge on any atom is -0.460 e. The van der Waals surface area contributed by atoms with E-state index in [0.717, 1.165) is 18.2 Å². The lowest BCUT2D eigenvalue weighted by atomic mass is 10.1. The van der Waals surface area contributed by atoms with Crippen molar-refractivity contribution < 1.29 is 30.8 Å². The predicted octanol–water partition coefficient (Wildman–Crippen LogP) is 6.29. The number of nitrogens with zero attached hydrogens (tertiary/aromatic N) is 2. The van der Waals surface area contributed by atoms with Crippen LogP contribution in [0.5, 0.6) is 0 Å². The molecule has 0 radical (unpaired) electrons. The van der Waals surface area contributed by atoms with E-state index in [1.807, 2.05) is 4.90 Å². The Morgan fingerprint density at radius 3 is 2.35 bits per heavy atom. The van der Waals surface area contributed by atoms with Crippen LogP contribution in [0.2, 0.25) is 0 Å². The normalized spacial score (nSPS) is 14.5. The van der Waals surface area contributed by atoms with Crippen molar-refractivity contribution in [2.75, 3.05) is 6.54 Å². The van der Waals surface area contributed by atoms with Gasteiger partial charge in [-0.25, -0.2) is 4.98 Å². The first-order chi connectivity index (χ1) is 17.5. The molecule has 0 atom stereocenters. The molecule has 5 nitrogen and oxygen atoms in total. The van der Waals surface area contributed by atoms with Crippen LogP contribution in [0.4, 0.5) is 26.3 Å². The molecule has 0 saturated carbocycles. The molecule has 2 aromatic carbocycles. The van der Waals surface area contributed by atoms with Crippen molar-refractivity contribution in [3.05, 3.63) is 99.2 Å². The number of aromatic amines is 1. The van der Waals surface area contributed by atoms with Gasteiger partial charge in [0, 0.05) is 30.6 Å². The van der Waals surface area contributed by atoms with Crippen molar-refractivity contribution in [2.24, 2.45) is 0 Å². The minimum atomic E-state index is -4.52. The first kappa shape index (κ1) is 24.8. The van der Waals surface area contributed by atoms with Gasteiger partial charge in [0.1, 0.15) is 17.3 Å². The highest BCUT2D eigenvalue weighted by molar-refractivity contribution is 5.63. The molecular formula is C26H19F6N3O2. The average Bonchev–Trinajstić information content (AvgIpc) is 3.32. The average molecular weight is 519 g/mol. The molecule has 0 saturated heterocycles. The van der Waals surface area contributed by atoms with Gasteiger partial charge in [0.05, 0.1) is 28.9 Å². The van der Waals surface area contributed by atoms with Crippen LogP contribution in [-0.2, 0) is 31.9 Å². The molecule has 0 amide bonds. The van der Waals surface area contributed by atoms with Gasteiger partial charge in [0.25, 0.3) is 5.56 Å². The molecule has 1 aliphatic heterocycles. The lowest BCUT2D eigenvalue weighted by Crippen LogP contribution is -2.35. The van der Waals surface area contributed by atoms with Crippen molar-refractivity contribution in [2.45, 2.75) is 31.9 Å². The molecule has 0 aliphatic carbocycles. The van der Waals surface area contributed by atoms with Gasteiger partial charge in [-0.15, -0.1) is 0 Å². The molecular weight excluding hydrogens is 500 g/mol. The molecule has 0 fully saturated rings. The smallest absolute Gasteiger partial charge is 0.417 e. The zero-order valence-electron chi connectivity index (χ0n) is 19.1. The number of aromatic nitrogens is 2. The lowest BCUT2D eigenvalue weighted by molar-refractivity contribution is -0.138. The molecule has 3 heterocycles. The molecule has 4 aromatic rings. The van der Waals surface area contributed by atoms with Crippen molar-refractivity contribution in [3.8, 4) is 22.7 Å². The maximum absolute atomic E-state index is 13.4. The molecule has 2 aromatic heterocycles. The third-order valence-electron chi connectivity index (χ3n) is 6.17. The molecule has 1 N–H and O–H groups in total. The number of hydrogen-bond donors (Lipinski definition) is 1. The Labute approximate surface area is 206 Å². The number of benzene rings is 2. The first-order valence-electron chi connectivity index (χ1n) is 11.3. The van der Waals surface area contributed by atoms with Crippen LogP contribution in [0.1, 0.15) is 28.1 Å². The summed E-state index contributed by atoms with van der Waals surface area (Å²) in [6, 6.07) is 12.6. The Hall–Kier alpha value is -3.86. The van der Waals surface area contributed by atoms with E-state index in [-0.39, 0.29) is 30.2 Å². The van der Waals surface area contributed by atoms with Crippen LogP contribution in [0, 0.1) is 0 Å². The third kappa shape index (κ3) is 5.17. The summed E-state index contributed by atoms with van der Waals surface area (Å²) in [5.74, 6) is 0.729. The second-order valence-corrected chi connectivity index (χ2v) is 8.68. The zero-order chi connectivity index (χ0) is 26.4. The van der Waals surface area contributed by atoms with E-state index in [1.54, 1.807) is 6.07 Å². The topological polar surface area (TPSA) is 62.1 Å². The minimum absolute atomic E-state index is 0.0540. The highest BCUT2D eigenvalue weighted by atomic mass is 19.4. The maximum atomic E-state index is 13.4. The fourth-order valence-corrected chi connectivity index (χ4v) is 4.34. The lowest BCUT2D eigenvalue weighted by Gasteiger charge is -2.26. The molecule has 37 heavy (non-hydrogen) atoms. The number of nitrogens with one attached hydrogen (secondary N) is 1. The summed E-state index contributed by atoms with van der Waals surface area (Å²) in [5, 5.41) is 0.